The second-order valence-corrected chi connectivity index (χ2v) is 6.31. The number of pyridine rings is 1. The number of aromatic amines is 1. The van der Waals surface area contributed by atoms with E-state index in [0.717, 1.165) is 29.6 Å². The van der Waals surface area contributed by atoms with Crippen LogP contribution in [0.15, 0.2) is 36.5 Å². The molecule has 4 heteroatoms. The molecule has 0 saturated heterocycles. The third-order valence-corrected chi connectivity index (χ3v) is 4.98. The van der Waals surface area contributed by atoms with Crippen molar-refractivity contribution >= 4 is 11.0 Å². The number of nitrogens with one attached hydrogen (secondary N) is 1. The van der Waals surface area contributed by atoms with Crippen molar-refractivity contribution in [3.05, 3.63) is 47.8 Å². The van der Waals surface area contributed by atoms with E-state index in [4.69, 9.17) is 5.73 Å². The number of nitrogens with two attached hydrogens (primary N) is 1. The number of benzene rings is 1. The third kappa shape index (κ3) is 2.63. The van der Waals surface area contributed by atoms with Gasteiger partial charge in [-0.15, -0.1) is 0 Å². The Kier molecular flexibility index (Phi) is 4.18. The molecule has 1 aromatic carbocycles. The van der Waals surface area contributed by atoms with Crippen molar-refractivity contribution in [1.29, 1.82) is 0 Å². The van der Waals surface area contributed by atoms with Crippen LogP contribution in [0.5, 0.6) is 0 Å². The highest BCUT2D eigenvalue weighted by Crippen LogP contribution is 2.33. The molecular weight excluding hydrogens is 284 g/mol. The highest BCUT2D eigenvalue weighted by atomic mass is 15.1. The van der Waals surface area contributed by atoms with Gasteiger partial charge in [-0.25, -0.2) is 4.98 Å². The molecule has 0 bridgehead atoms. The topological polar surface area (TPSA) is 67.6 Å². The van der Waals surface area contributed by atoms with Crippen LogP contribution in [0.3, 0.4) is 0 Å². The maximum absolute atomic E-state index is 6.03. The summed E-state index contributed by atoms with van der Waals surface area (Å²) in [4.78, 5) is 4.38. The van der Waals surface area contributed by atoms with Gasteiger partial charge < -0.3 is 5.73 Å². The van der Waals surface area contributed by atoms with Crippen LogP contribution in [-0.4, -0.2) is 21.7 Å². The first kappa shape index (κ1) is 15.7. The van der Waals surface area contributed by atoms with E-state index < -0.39 is 0 Å². The van der Waals surface area contributed by atoms with E-state index in [1.165, 1.54) is 16.7 Å². The van der Waals surface area contributed by atoms with Gasteiger partial charge in [0.2, 0.25) is 0 Å². The van der Waals surface area contributed by atoms with Crippen LogP contribution in [0.4, 0.5) is 0 Å². The molecule has 120 valence electrons. The molecular formula is C19H24N4. The van der Waals surface area contributed by atoms with Crippen LogP contribution in [0.2, 0.25) is 0 Å². The number of H-pyrrole nitrogens is 1. The Morgan fingerprint density at radius 2 is 2.04 bits per heavy atom. The van der Waals surface area contributed by atoms with Gasteiger partial charge in [-0.2, -0.15) is 5.10 Å². The quantitative estimate of drug-likeness (QED) is 0.753. The van der Waals surface area contributed by atoms with Crippen LogP contribution >= 0.6 is 0 Å². The van der Waals surface area contributed by atoms with Gasteiger partial charge in [0, 0.05) is 29.2 Å². The molecule has 0 fully saturated rings. The molecule has 4 nitrogen and oxygen atoms in total. The fraction of sp³-hybridized carbons (Fsp3) is 0.368. The average molecular weight is 308 g/mol. The maximum Gasteiger partial charge on any atom is 0.181 e. The van der Waals surface area contributed by atoms with Gasteiger partial charge in [0.1, 0.15) is 0 Å². The zero-order valence-corrected chi connectivity index (χ0v) is 14.1. The average Bonchev–Trinajstić information content (AvgIpc) is 3.04. The molecule has 3 rings (SSSR count). The summed E-state index contributed by atoms with van der Waals surface area (Å²) in [6.45, 7) is 7.19. The Balaban J connectivity index is 2.18. The molecule has 0 aliphatic rings. The van der Waals surface area contributed by atoms with E-state index >= 15 is 0 Å². The normalized spacial score (nSPS) is 14.1. The lowest BCUT2D eigenvalue weighted by atomic mass is 9.79. The maximum atomic E-state index is 6.03. The van der Waals surface area contributed by atoms with Gasteiger partial charge in [-0.1, -0.05) is 45.0 Å². The van der Waals surface area contributed by atoms with Gasteiger partial charge in [0.25, 0.3) is 0 Å². The first-order valence-electron chi connectivity index (χ1n) is 8.26. The first-order valence-corrected chi connectivity index (χ1v) is 8.26. The molecule has 0 aliphatic carbocycles. The van der Waals surface area contributed by atoms with Gasteiger partial charge in [0.05, 0.1) is 0 Å². The molecule has 0 spiro atoms. The van der Waals surface area contributed by atoms with Crippen molar-refractivity contribution in [2.24, 2.45) is 5.73 Å². The molecule has 0 aliphatic heterocycles. The van der Waals surface area contributed by atoms with E-state index in [1.54, 1.807) is 0 Å². The number of rotatable bonds is 5. The van der Waals surface area contributed by atoms with E-state index in [0.29, 0.717) is 6.54 Å². The molecule has 0 saturated carbocycles. The molecule has 3 aromatic rings. The molecule has 1 atom stereocenters. The predicted molar refractivity (Wildman–Crippen MR) is 95.4 cm³/mol. The Morgan fingerprint density at radius 1 is 1.22 bits per heavy atom. The highest BCUT2D eigenvalue weighted by Gasteiger charge is 2.23. The molecule has 2 aromatic heterocycles. The predicted octanol–water partition coefficient (Wildman–Crippen LogP) is 3.81. The number of fused-ring (bicyclic) bond motifs is 1. The SMILES string of the molecule is CCc1[nH]nc2nccc(-c3cccc(C(C)(CC)CN)c3)c12. The van der Waals surface area contributed by atoms with Crippen molar-refractivity contribution in [1.82, 2.24) is 15.2 Å². The largest absolute Gasteiger partial charge is 0.330 e. The van der Waals surface area contributed by atoms with Gasteiger partial charge >= 0.3 is 0 Å². The van der Waals surface area contributed by atoms with Crippen molar-refractivity contribution < 1.29 is 0 Å². The number of aromatic nitrogens is 3. The first-order chi connectivity index (χ1) is 11.1. The summed E-state index contributed by atoms with van der Waals surface area (Å²) in [5, 5.41) is 8.55. The second-order valence-electron chi connectivity index (χ2n) is 6.31. The number of hydrogen-bond donors (Lipinski definition) is 2. The van der Waals surface area contributed by atoms with Crippen molar-refractivity contribution in [2.45, 2.75) is 39.0 Å². The summed E-state index contributed by atoms with van der Waals surface area (Å²) in [7, 11) is 0. The zero-order valence-electron chi connectivity index (χ0n) is 14.1. The smallest absolute Gasteiger partial charge is 0.181 e. The van der Waals surface area contributed by atoms with E-state index in [9.17, 15) is 0 Å². The van der Waals surface area contributed by atoms with Crippen LogP contribution < -0.4 is 5.73 Å². The summed E-state index contributed by atoms with van der Waals surface area (Å²) in [6.07, 6.45) is 3.75. The lowest BCUT2D eigenvalue weighted by molar-refractivity contribution is 0.467. The molecule has 23 heavy (non-hydrogen) atoms. The Bertz CT molecular complexity index is 815. The lowest BCUT2D eigenvalue weighted by Gasteiger charge is -2.27. The van der Waals surface area contributed by atoms with Crippen LogP contribution in [0.25, 0.3) is 22.2 Å². The van der Waals surface area contributed by atoms with Crippen LogP contribution in [0, 0.1) is 0 Å². The third-order valence-electron chi connectivity index (χ3n) is 4.98. The van der Waals surface area contributed by atoms with E-state index in [-0.39, 0.29) is 5.41 Å². The summed E-state index contributed by atoms with van der Waals surface area (Å²) in [5.74, 6) is 0. The standard InChI is InChI=1S/C19H24N4/c1-4-16-17-15(9-10-21-18(17)23-22-16)13-7-6-8-14(11-13)19(3,5-2)12-20/h6-11H,4-5,12,20H2,1-3H3,(H,21,22,23). The number of hydrogen-bond acceptors (Lipinski definition) is 3. The summed E-state index contributed by atoms with van der Waals surface area (Å²) < 4.78 is 0. The summed E-state index contributed by atoms with van der Waals surface area (Å²) in [6, 6.07) is 10.8. The molecule has 0 amide bonds. The summed E-state index contributed by atoms with van der Waals surface area (Å²) in [5.41, 5.74) is 11.6. The van der Waals surface area contributed by atoms with Crippen LogP contribution in [-0.2, 0) is 11.8 Å². The van der Waals surface area contributed by atoms with Crippen LogP contribution in [0.1, 0.15) is 38.4 Å². The van der Waals surface area contributed by atoms with Gasteiger partial charge in [-0.05, 0) is 35.6 Å². The van der Waals surface area contributed by atoms with E-state index in [2.05, 4.69) is 66.3 Å². The molecule has 3 N–H and O–H groups in total. The van der Waals surface area contributed by atoms with Gasteiger partial charge in [-0.3, -0.25) is 5.10 Å². The zero-order chi connectivity index (χ0) is 16.4. The Hall–Kier alpha value is -2.20. The fourth-order valence-electron chi connectivity index (χ4n) is 3.03. The monoisotopic (exact) mass is 308 g/mol. The lowest BCUT2D eigenvalue weighted by Crippen LogP contribution is -2.30. The highest BCUT2D eigenvalue weighted by molar-refractivity contribution is 5.94. The molecule has 2 heterocycles. The molecule has 1 unspecified atom stereocenters. The molecule has 0 radical (unpaired) electrons. The minimum Gasteiger partial charge on any atom is -0.330 e. The Morgan fingerprint density at radius 3 is 2.74 bits per heavy atom. The Labute approximate surface area is 137 Å². The summed E-state index contributed by atoms with van der Waals surface area (Å²) >= 11 is 0. The van der Waals surface area contributed by atoms with Crippen molar-refractivity contribution in [3.63, 3.8) is 0 Å². The van der Waals surface area contributed by atoms with E-state index in [1.807, 2.05) is 6.20 Å². The van der Waals surface area contributed by atoms with Crippen molar-refractivity contribution in [3.8, 4) is 11.1 Å². The minimum absolute atomic E-state index is 0.00609. The van der Waals surface area contributed by atoms with Gasteiger partial charge in [0.15, 0.2) is 5.65 Å². The minimum atomic E-state index is 0.00609. The fourth-order valence-corrected chi connectivity index (χ4v) is 3.03. The number of aryl methyl sites for hydroxylation is 1. The second kappa shape index (κ2) is 6.13. The van der Waals surface area contributed by atoms with Crippen molar-refractivity contribution in [2.75, 3.05) is 6.54 Å². The number of nitrogens with zero attached hydrogens (tertiary/aromatic N) is 2.